The lowest BCUT2D eigenvalue weighted by atomic mass is 9.75. The van der Waals surface area contributed by atoms with Crippen molar-refractivity contribution in [3.8, 4) is 0 Å². The Morgan fingerprint density at radius 2 is 1.81 bits per heavy atom. The van der Waals surface area contributed by atoms with Gasteiger partial charge in [-0.3, -0.25) is 0 Å². The fourth-order valence-corrected chi connectivity index (χ4v) is 2.39. The lowest BCUT2D eigenvalue weighted by molar-refractivity contribution is -0.175. The van der Waals surface area contributed by atoms with Crippen LogP contribution in [-0.2, 0) is 9.47 Å². The summed E-state index contributed by atoms with van der Waals surface area (Å²) in [6, 6.07) is 0. The topological polar surface area (TPSA) is 18.5 Å². The summed E-state index contributed by atoms with van der Waals surface area (Å²) in [5, 5.41) is 0. The molecule has 2 nitrogen and oxygen atoms in total. The Labute approximate surface area is 99.0 Å². The molecule has 0 aromatic heterocycles. The van der Waals surface area contributed by atoms with Crippen LogP contribution in [0.5, 0.6) is 0 Å². The van der Waals surface area contributed by atoms with Gasteiger partial charge < -0.3 is 9.47 Å². The molecule has 0 radical (unpaired) electrons. The average Bonchev–Trinajstić information content (AvgIpc) is 2.29. The largest absolute Gasteiger partial charge is 0.352 e. The van der Waals surface area contributed by atoms with Gasteiger partial charge in [-0.25, -0.2) is 0 Å². The molecular formula is C14H24O2. The van der Waals surface area contributed by atoms with Crippen LogP contribution in [0.2, 0.25) is 0 Å². The van der Waals surface area contributed by atoms with Gasteiger partial charge in [-0.2, -0.15) is 0 Å². The second-order valence-corrected chi connectivity index (χ2v) is 5.79. The SMILES string of the molecule is CC1(C)CCC(=CC[13CH]2OCCCO2)CC1. The quantitative estimate of drug-likeness (QED) is 0.527. The van der Waals surface area contributed by atoms with Crippen molar-refractivity contribution < 1.29 is 9.47 Å². The molecule has 0 aromatic rings. The Kier molecular flexibility index (Phi) is 4.04. The van der Waals surface area contributed by atoms with Crippen molar-refractivity contribution in [3.63, 3.8) is 0 Å². The zero-order chi connectivity index (χ0) is 11.4. The van der Waals surface area contributed by atoms with Crippen LogP contribution in [0, 0.1) is 5.41 Å². The van der Waals surface area contributed by atoms with Gasteiger partial charge in [0.05, 0.1) is 13.2 Å². The zero-order valence-corrected chi connectivity index (χ0v) is 10.6. The molecule has 1 heterocycles. The van der Waals surface area contributed by atoms with E-state index in [4.69, 9.17) is 9.47 Å². The van der Waals surface area contributed by atoms with E-state index in [2.05, 4.69) is 19.9 Å². The Hall–Kier alpha value is -0.340. The van der Waals surface area contributed by atoms with Crippen molar-refractivity contribution in [3.05, 3.63) is 11.6 Å². The van der Waals surface area contributed by atoms with Crippen molar-refractivity contribution in [1.82, 2.24) is 0 Å². The summed E-state index contributed by atoms with van der Waals surface area (Å²) in [4.78, 5) is 0. The van der Waals surface area contributed by atoms with Gasteiger partial charge >= 0.3 is 0 Å². The zero-order valence-electron chi connectivity index (χ0n) is 10.6. The summed E-state index contributed by atoms with van der Waals surface area (Å²) < 4.78 is 11.1. The maximum absolute atomic E-state index is 5.54. The van der Waals surface area contributed by atoms with E-state index < -0.39 is 0 Å². The van der Waals surface area contributed by atoms with E-state index in [1.165, 1.54) is 25.7 Å². The predicted molar refractivity (Wildman–Crippen MR) is 65.3 cm³/mol. The van der Waals surface area contributed by atoms with Crippen LogP contribution in [0.3, 0.4) is 0 Å². The average molecular weight is 225 g/mol. The normalized spacial score (nSPS) is 26.8. The van der Waals surface area contributed by atoms with Crippen molar-refractivity contribution in [2.24, 2.45) is 5.41 Å². The van der Waals surface area contributed by atoms with E-state index in [0.717, 1.165) is 26.1 Å². The molecule has 2 heteroatoms. The van der Waals surface area contributed by atoms with E-state index in [0.29, 0.717) is 5.41 Å². The van der Waals surface area contributed by atoms with Crippen LogP contribution in [0.4, 0.5) is 0 Å². The molecule has 0 unspecified atom stereocenters. The Morgan fingerprint density at radius 1 is 1.19 bits per heavy atom. The van der Waals surface area contributed by atoms with Crippen LogP contribution in [0.25, 0.3) is 0 Å². The molecule has 0 amide bonds. The molecule has 1 aliphatic carbocycles. The van der Waals surface area contributed by atoms with Gasteiger partial charge in [0.1, 0.15) is 0 Å². The van der Waals surface area contributed by atoms with E-state index >= 15 is 0 Å². The van der Waals surface area contributed by atoms with Crippen LogP contribution >= 0.6 is 0 Å². The molecule has 1 aliphatic heterocycles. The second-order valence-electron chi connectivity index (χ2n) is 5.79. The maximum atomic E-state index is 5.54. The minimum Gasteiger partial charge on any atom is -0.352 e. The van der Waals surface area contributed by atoms with Crippen LogP contribution < -0.4 is 0 Å². The highest BCUT2D eigenvalue weighted by Gasteiger charge is 2.23. The van der Waals surface area contributed by atoms with Gasteiger partial charge in [0.25, 0.3) is 0 Å². The number of rotatable bonds is 2. The minimum atomic E-state index is 0.0242. The molecule has 1 saturated carbocycles. The van der Waals surface area contributed by atoms with Gasteiger partial charge in [-0.15, -0.1) is 0 Å². The summed E-state index contributed by atoms with van der Waals surface area (Å²) in [6.07, 6.45) is 9.54. The smallest absolute Gasteiger partial charge is 0.160 e. The van der Waals surface area contributed by atoms with Gasteiger partial charge in [0, 0.05) is 6.42 Å². The Balaban J connectivity index is 1.75. The highest BCUT2D eigenvalue weighted by Crippen LogP contribution is 2.37. The van der Waals surface area contributed by atoms with E-state index in [-0.39, 0.29) is 6.29 Å². The monoisotopic (exact) mass is 225 g/mol. The first-order chi connectivity index (χ1) is 7.66. The van der Waals surface area contributed by atoms with Crippen LogP contribution in [-0.4, -0.2) is 19.5 Å². The summed E-state index contributed by atoms with van der Waals surface area (Å²) in [6.45, 7) is 6.47. The fraction of sp³-hybridized carbons (Fsp3) is 0.857. The highest BCUT2D eigenvalue weighted by molar-refractivity contribution is 5.07. The molecule has 92 valence electrons. The number of hydrogen-bond donors (Lipinski definition) is 0. The molecule has 0 N–H and O–H groups in total. The summed E-state index contributed by atoms with van der Waals surface area (Å²) >= 11 is 0. The molecule has 0 aromatic carbocycles. The molecule has 1 saturated heterocycles. The first kappa shape index (κ1) is 12.1. The third-order valence-corrected chi connectivity index (χ3v) is 3.74. The fourth-order valence-electron chi connectivity index (χ4n) is 2.39. The Morgan fingerprint density at radius 3 is 2.44 bits per heavy atom. The van der Waals surface area contributed by atoms with Gasteiger partial charge in [-0.05, 0) is 37.5 Å². The molecule has 2 fully saturated rings. The third kappa shape index (κ3) is 3.60. The molecule has 2 aliphatic rings. The van der Waals surface area contributed by atoms with E-state index in [1.807, 2.05) is 0 Å². The standard InChI is InChI=1S/C14H24O2/c1-14(2)8-6-12(7-9-14)4-5-13-15-10-3-11-16-13/h4,13H,3,5-11H2,1-2H3/i13+1. The van der Waals surface area contributed by atoms with E-state index in [1.54, 1.807) is 5.57 Å². The molecule has 0 bridgehead atoms. The predicted octanol–water partition coefficient (Wildman–Crippen LogP) is 3.67. The van der Waals surface area contributed by atoms with Crippen molar-refractivity contribution >= 4 is 0 Å². The number of hydrogen-bond acceptors (Lipinski definition) is 2. The summed E-state index contributed by atoms with van der Waals surface area (Å²) in [5.74, 6) is 0. The lowest BCUT2D eigenvalue weighted by Gasteiger charge is -2.31. The summed E-state index contributed by atoms with van der Waals surface area (Å²) in [5.41, 5.74) is 2.16. The second kappa shape index (κ2) is 5.33. The number of allylic oxidation sites excluding steroid dienone is 1. The minimum absolute atomic E-state index is 0.0242. The molecule has 0 atom stereocenters. The van der Waals surface area contributed by atoms with Gasteiger partial charge in [0.15, 0.2) is 6.29 Å². The first-order valence-corrected chi connectivity index (χ1v) is 6.57. The van der Waals surface area contributed by atoms with Crippen molar-refractivity contribution in [2.75, 3.05) is 13.2 Å². The summed E-state index contributed by atoms with van der Waals surface area (Å²) in [7, 11) is 0. The molecule has 0 spiro atoms. The molecular weight excluding hydrogens is 201 g/mol. The third-order valence-electron chi connectivity index (χ3n) is 3.74. The van der Waals surface area contributed by atoms with Crippen LogP contribution in [0.15, 0.2) is 11.6 Å². The van der Waals surface area contributed by atoms with Gasteiger partial charge in [-0.1, -0.05) is 25.5 Å². The van der Waals surface area contributed by atoms with Crippen molar-refractivity contribution in [1.29, 1.82) is 0 Å². The highest BCUT2D eigenvalue weighted by atomic mass is 16.8. The van der Waals surface area contributed by atoms with Crippen LogP contribution in [0.1, 0.15) is 52.4 Å². The molecule has 16 heavy (non-hydrogen) atoms. The van der Waals surface area contributed by atoms with Crippen molar-refractivity contribution in [2.45, 2.75) is 58.7 Å². The lowest BCUT2D eigenvalue weighted by Crippen LogP contribution is -2.24. The first-order valence-electron chi connectivity index (χ1n) is 6.57. The Bertz CT molecular complexity index is 237. The van der Waals surface area contributed by atoms with Gasteiger partial charge in [0.2, 0.25) is 0 Å². The maximum Gasteiger partial charge on any atom is 0.160 e. The van der Waals surface area contributed by atoms with E-state index in [9.17, 15) is 0 Å². The number of ether oxygens (including phenoxy) is 2. The molecule has 2 rings (SSSR count).